The van der Waals surface area contributed by atoms with E-state index in [0.717, 1.165) is 12.1 Å². The van der Waals surface area contributed by atoms with E-state index in [2.05, 4.69) is 10.1 Å². The third kappa shape index (κ3) is 6.34. The zero-order chi connectivity index (χ0) is 18.3. The Kier molecular flexibility index (Phi) is 6.24. The van der Waals surface area contributed by atoms with Crippen LogP contribution in [0.5, 0.6) is 11.5 Å². The number of carbonyl (C=O) groups is 1. The maximum absolute atomic E-state index is 12.1. The van der Waals surface area contributed by atoms with Crippen molar-refractivity contribution in [2.45, 2.75) is 6.36 Å². The molecule has 2 aromatic rings. The molecule has 2 aromatic carbocycles. The van der Waals surface area contributed by atoms with E-state index >= 15 is 0 Å². The molecule has 2 rings (SSSR count). The maximum atomic E-state index is 12.1. The van der Waals surface area contributed by atoms with Gasteiger partial charge in [-0.3, -0.25) is 4.79 Å². The van der Waals surface area contributed by atoms with Gasteiger partial charge >= 0.3 is 6.36 Å². The van der Waals surface area contributed by atoms with Crippen molar-refractivity contribution in [1.82, 2.24) is 0 Å². The number of anilines is 1. The quantitative estimate of drug-likeness (QED) is 0.766. The second-order valence-electron chi connectivity index (χ2n) is 4.90. The van der Waals surface area contributed by atoms with E-state index in [1.807, 2.05) is 0 Å². The fourth-order valence-electron chi connectivity index (χ4n) is 1.92. The number of rotatable bonds is 7. The highest BCUT2D eigenvalue weighted by molar-refractivity contribution is 6.04. The van der Waals surface area contributed by atoms with E-state index in [-0.39, 0.29) is 5.56 Å². The third-order valence-electron chi connectivity index (χ3n) is 3.00. The number of nitrogens with one attached hydrogen (secondary N) is 1. The van der Waals surface area contributed by atoms with E-state index in [9.17, 15) is 18.0 Å². The van der Waals surface area contributed by atoms with Crippen molar-refractivity contribution >= 4 is 11.6 Å². The highest BCUT2D eigenvalue weighted by Gasteiger charge is 2.31. The van der Waals surface area contributed by atoms with Gasteiger partial charge in [-0.25, -0.2) is 0 Å². The average Bonchev–Trinajstić information content (AvgIpc) is 2.54. The fraction of sp³-hybridized carbons (Fsp3) is 0.235. The van der Waals surface area contributed by atoms with Gasteiger partial charge in [0.1, 0.15) is 18.1 Å². The van der Waals surface area contributed by atoms with Gasteiger partial charge < -0.3 is 19.5 Å². The molecule has 0 aliphatic heterocycles. The van der Waals surface area contributed by atoms with Gasteiger partial charge in [0.25, 0.3) is 5.91 Å². The summed E-state index contributed by atoms with van der Waals surface area (Å²) in [5, 5.41) is 2.64. The number of carbonyl (C=O) groups excluding carboxylic acids is 1. The molecule has 134 valence electrons. The normalized spacial score (nSPS) is 11.0. The lowest BCUT2D eigenvalue weighted by Crippen LogP contribution is -2.17. The Bertz CT molecular complexity index is 702. The first-order valence-corrected chi connectivity index (χ1v) is 7.26. The molecule has 25 heavy (non-hydrogen) atoms. The Hall–Kier alpha value is -2.74. The molecule has 1 amide bonds. The number of halogens is 3. The van der Waals surface area contributed by atoms with Crippen LogP contribution in [0, 0.1) is 0 Å². The minimum atomic E-state index is -4.77. The van der Waals surface area contributed by atoms with Crippen LogP contribution in [0.1, 0.15) is 10.4 Å². The SMILES string of the molecule is COCCOc1cccc(NC(=O)c2ccc(OC(F)(F)F)cc2)c1. The smallest absolute Gasteiger partial charge is 0.491 e. The Morgan fingerprint density at radius 1 is 1.04 bits per heavy atom. The summed E-state index contributed by atoms with van der Waals surface area (Å²) in [6, 6.07) is 11.4. The molecule has 0 bridgehead atoms. The van der Waals surface area contributed by atoms with Crippen molar-refractivity contribution in [3.8, 4) is 11.5 Å². The predicted octanol–water partition coefficient (Wildman–Crippen LogP) is 3.86. The van der Waals surface area contributed by atoms with Gasteiger partial charge in [-0.15, -0.1) is 13.2 Å². The Labute approximate surface area is 142 Å². The van der Waals surface area contributed by atoms with Crippen LogP contribution in [0.25, 0.3) is 0 Å². The highest BCUT2D eigenvalue weighted by atomic mass is 19.4. The van der Waals surface area contributed by atoms with Gasteiger partial charge in [-0.05, 0) is 36.4 Å². The molecule has 0 radical (unpaired) electrons. The Morgan fingerprint density at radius 3 is 2.40 bits per heavy atom. The molecular weight excluding hydrogens is 339 g/mol. The first kappa shape index (κ1) is 18.6. The molecular formula is C17H16F3NO4. The summed E-state index contributed by atoms with van der Waals surface area (Å²) < 4.78 is 50.4. The summed E-state index contributed by atoms with van der Waals surface area (Å²) in [6.07, 6.45) is -4.77. The molecule has 0 unspecified atom stereocenters. The summed E-state index contributed by atoms with van der Waals surface area (Å²) in [4.78, 5) is 12.1. The van der Waals surface area contributed by atoms with Gasteiger partial charge in [0.05, 0.1) is 6.61 Å². The zero-order valence-electron chi connectivity index (χ0n) is 13.3. The highest BCUT2D eigenvalue weighted by Crippen LogP contribution is 2.23. The number of amides is 1. The van der Waals surface area contributed by atoms with Crippen LogP contribution in [-0.2, 0) is 4.74 Å². The van der Waals surface area contributed by atoms with Crippen LogP contribution in [0.2, 0.25) is 0 Å². The lowest BCUT2D eigenvalue weighted by molar-refractivity contribution is -0.274. The maximum Gasteiger partial charge on any atom is 0.573 e. The molecule has 0 saturated carbocycles. The molecule has 0 atom stereocenters. The minimum Gasteiger partial charge on any atom is -0.491 e. The molecule has 0 heterocycles. The van der Waals surface area contributed by atoms with Gasteiger partial charge in [0.15, 0.2) is 0 Å². The van der Waals surface area contributed by atoms with Crippen LogP contribution in [0.4, 0.5) is 18.9 Å². The summed E-state index contributed by atoms with van der Waals surface area (Å²) in [7, 11) is 1.56. The minimum absolute atomic E-state index is 0.195. The molecule has 0 spiro atoms. The third-order valence-corrected chi connectivity index (χ3v) is 3.00. The molecule has 5 nitrogen and oxygen atoms in total. The van der Waals surface area contributed by atoms with Crippen molar-refractivity contribution in [2.75, 3.05) is 25.6 Å². The largest absolute Gasteiger partial charge is 0.573 e. The molecule has 0 fully saturated rings. The van der Waals surface area contributed by atoms with Crippen LogP contribution >= 0.6 is 0 Å². The van der Waals surface area contributed by atoms with Crippen LogP contribution in [0.3, 0.4) is 0 Å². The fourth-order valence-corrected chi connectivity index (χ4v) is 1.92. The van der Waals surface area contributed by atoms with Crippen molar-refractivity contribution in [1.29, 1.82) is 0 Å². The van der Waals surface area contributed by atoms with Gasteiger partial charge in [-0.2, -0.15) is 0 Å². The number of alkyl halides is 3. The molecule has 0 aromatic heterocycles. The lowest BCUT2D eigenvalue weighted by atomic mass is 10.2. The van der Waals surface area contributed by atoms with Crippen LogP contribution < -0.4 is 14.8 Å². The molecule has 0 saturated heterocycles. The average molecular weight is 355 g/mol. The number of benzene rings is 2. The number of ether oxygens (including phenoxy) is 3. The van der Waals surface area contributed by atoms with E-state index < -0.39 is 18.0 Å². The summed E-state index contributed by atoms with van der Waals surface area (Å²) in [6.45, 7) is 0.803. The first-order valence-electron chi connectivity index (χ1n) is 7.26. The van der Waals surface area contributed by atoms with Gasteiger partial charge in [0.2, 0.25) is 0 Å². The number of methoxy groups -OCH3 is 1. The first-order chi connectivity index (χ1) is 11.9. The van der Waals surface area contributed by atoms with E-state index in [1.165, 1.54) is 12.1 Å². The molecule has 1 N–H and O–H groups in total. The lowest BCUT2D eigenvalue weighted by Gasteiger charge is -2.10. The van der Waals surface area contributed by atoms with Gasteiger partial charge in [-0.1, -0.05) is 6.07 Å². The molecule has 8 heteroatoms. The van der Waals surface area contributed by atoms with Crippen molar-refractivity contribution in [2.24, 2.45) is 0 Å². The van der Waals surface area contributed by atoms with Crippen LogP contribution in [0.15, 0.2) is 48.5 Å². The van der Waals surface area contributed by atoms with E-state index in [0.29, 0.717) is 24.7 Å². The summed E-state index contributed by atoms with van der Waals surface area (Å²) in [5.41, 5.74) is 0.691. The predicted molar refractivity (Wildman–Crippen MR) is 84.9 cm³/mol. The van der Waals surface area contributed by atoms with Crippen molar-refractivity contribution in [3.05, 3.63) is 54.1 Å². The van der Waals surface area contributed by atoms with E-state index in [1.54, 1.807) is 31.4 Å². The summed E-state index contributed by atoms with van der Waals surface area (Å²) >= 11 is 0. The van der Waals surface area contributed by atoms with Crippen molar-refractivity contribution < 1.29 is 32.2 Å². The number of hydrogen-bond donors (Lipinski definition) is 1. The molecule has 0 aliphatic rings. The monoisotopic (exact) mass is 355 g/mol. The Morgan fingerprint density at radius 2 is 1.76 bits per heavy atom. The van der Waals surface area contributed by atoms with Crippen LogP contribution in [-0.4, -0.2) is 32.6 Å². The summed E-state index contributed by atoms with van der Waals surface area (Å²) in [5.74, 6) is -0.297. The van der Waals surface area contributed by atoms with E-state index in [4.69, 9.17) is 9.47 Å². The number of hydrogen-bond acceptors (Lipinski definition) is 4. The molecule has 0 aliphatic carbocycles. The Balaban J connectivity index is 1.98. The topological polar surface area (TPSA) is 56.8 Å². The van der Waals surface area contributed by atoms with Crippen molar-refractivity contribution in [3.63, 3.8) is 0 Å². The second kappa shape index (κ2) is 8.39. The second-order valence-corrected chi connectivity index (χ2v) is 4.90. The standard InChI is InChI=1S/C17H16F3NO4/c1-23-9-10-24-15-4-2-3-13(11-15)21-16(22)12-5-7-14(8-6-12)25-17(18,19)20/h2-8,11H,9-10H2,1H3,(H,21,22). The van der Waals surface area contributed by atoms with Gasteiger partial charge in [0, 0.05) is 24.4 Å². The zero-order valence-corrected chi connectivity index (χ0v) is 13.3.